The van der Waals surface area contributed by atoms with E-state index in [2.05, 4.69) is 10.1 Å². The van der Waals surface area contributed by atoms with Crippen LogP contribution in [-0.4, -0.2) is 50.0 Å². The second-order valence-corrected chi connectivity index (χ2v) is 5.04. The molecule has 0 spiro atoms. The van der Waals surface area contributed by atoms with E-state index in [-0.39, 0.29) is 23.6 Å². The third-order valence-electron chi connectivity index (χ3n) is 3.54. The van der Waals surface area contributed by atoms with Crippen molar-refractivity contribution in [2.75, 3.05) is 18.1 Å². The van der Waals surface area contributed by atoms with Crippen molar-refractivity contribution in [1.82, 2.24) is 14.6 Å². The predicted molar refractivity (Wildman–Crippen MR) is 72.4 cm³/mol. The fourth-order valence-electron chi connectivity index (χ4n) is 2.63. The largest absolute Gasteiger partial charge is 0.477 e. The van der Waals surface area contributed by atoms with Gasteiger partial charge in [0.2, 0.25) is 5.28 Å². The number of nitrogens with zero attached hydrogens (tertiary/aromatic N) is 4. The van der Waals surface area contributed by atoms with E-state index in [1.807, 2.05) is 4.90 Å². The van der Waals surface area contributed by atoms with Crippen molar-refractivity contribution in [2.24, 2.45) is 0 Å². The Labute approximate surface area is 119 Å². The Hall–Kier alpha value is -1.86. The maximum absolute atomic E-state index is 11.2. The molecular formula is C12H13ClN4O3. The van der Waals surface area contributed by atoms with E-state index in [9.17, 15) is 9.90 Å². The van der Waals surface area contributed by atoms with E-state index in [0.29, 0.717) is 11.3 Å². The lowest BCUT2D eigenvalue weighted by atomic mass is 10.2. The number of aliphatic hydroxyl groups excluding tert-OH is 1. The Kier molecular flexibility index (Phi) is 3.23. The molecule has 1 unspecified atom stereocenters. The van der Waals surface area contributed by atoms with E-state index in [1.165, 1.54) is 10.6 Å². The van der Waals surface area contributed by atoms with Crippen LogP contribution in [0.1, 0.15) is 23.3 Å². The maximum Gasteiger partial charge on any atom is 0.354 e. The first-order valence-corrected chi connectivity index (χ1v) is 6.65. The summed E-state index contributed by atoms with van der Waals surface area (Å²) in [5.41, 5.74) is 0.609. The Morgan fingerprint density at radius 3 is 3.00 bits per heavy atom. The monoisotopic (exact) mass is 296 g/mol. The summed E-state index contributed by atoms with van der Waals surface area (Å²) in [5, 5.41) is 22.5. The van der Waals surface area contributed by atoms with Crippen molar-refractivity contribution < 1.29 is 15.0 Å². The second kappa shape index (κ2) is 4.92. The van der Waals surface area contributed by atoms with Crippen LogP contribution in [0, 0.1) is 0 Å². The lowest BCUT2D eigenvalue weighted by Crippen LogP contribution is -2.33. The highest BCUT2D eigenvalue weighted by Crippen LogP contribution is 2.29. The third kappa shape index (κ3) is 1.99. The quantitative estimate of drug-likeness (QED) is 0.879. The molecule has 1 saturated heterocycles. The number of halogens is 1. The molecule has 1 aliphatic rings. The molecule has 2 aromatic heterocycles. The van der Waals surface area contributed by atoms with E-state index < -0.39 is 5.97 Å². The fourth-order valence-corrected chi connectivity index (χ4v) is 2.79. The molecule has 106 valence electrons. The summed E-state index contributed by atoms with van der Waals surface area (Å²) in [6.45, 7) is 0.780. The molecule has 20 heavy (non-hydrogen) atoms. The van der Waals surface area contributed by atoms with Crippen molar-refractivity contribution in [1.29, 1.82) is 0 Å². The van der Waals surface area contributed by atoms with Gasteiger partial charge < -0.3 is 15.1 Å². The van der Waals surface area contributed by atoms with Gasteiger partial charge in [0.25, 0.3) is 0 Å². The van der Waals surface area contributed by atoms with Crippen LogP contribution >= 0.6 is 11.6 Å². The molecule has 2 N–H and O–H groups in total. The molecule has 0 aliphatic carbocycles. The molecule has 3 rings (SSSR count). The highest BCUT2D eigenvalue weighted by atomic mass is 35.5. The van der Waals surface area contributed by atoms with Gasteiger partial charge >= 0.3 is 5.97 Å². The topological polar surface area (TPSA) is 91.0 Å². The van der Waals surface area contributed by atoms with Gasteiger partial charge in [0, 0.05) is 6.54 Å². The average Bonchev–Trinajstić information content (AvgIpc) is 3.03. The molecule has 0 aromatic carbocycles. The summed E-state index contributed by atoms with van der Waals surface area (Å²) in [4.78, 5) is 17.3. The number of aromatic carboxylic acids is 1. The second-order valence-electron chi connectivity index (χ2n) is 4.70. The summed E-state index contributed by atoms with van der Waals surface area (Å²) < 4.78 is 1.28. The van der Waals surface area contributed by atoms with Gasteiger partial charge in [-0.2, -0.15) is 4.98 Å². The summed E-state index contributed by atoms with van der Waals surface area (Å²) in [5.74, 6) is -0.514. The van der Waals surface area contributed by atoms with Gasteiger partial charge in [-0.1, -0.05) is 0 Å². The van der Waals surface area contributed by atoms with Crippen LogP contribution in [0.25, 0.3) is 5.52 Å². The highest BCUT2D eigenvalue weighted by Gasteiger charge is 2.28. The van der Waals surface area contributed by atoms with Gasteiger partial charge in [-0.25, -0.2) is 9.31 Å². The predicted octanol–water partition coefficient (Wildman–Crippen LogP) is 1.04. The highest BCUT2D eigenvalue weighted by molar-refractivity contribution is 6.28. The minimum atomic E-state index is -1.08. The third-order valence-corrected chi connectivity index (χ3v) is 3.70. The number of hydrogen-bond donors (Lipinski definition) is 2. The van der Waals surface area contributed by atoms with Crippen LogP contribution in [0.4, 0.5) is 5.82 Å². The first-order chi connectivity index (χ1) is 9.61. The van der Waals surface area contributed by atoms with Crippen LogP contribution < -0.4 is 4.90 Å². The minimum Gasteiger partial charge on any atom is -0.477 e. The Morgan fingerprint density at radius 1 is 1.50 bits per heavy atom. The molecular weight excluding hydrogens is 284 g/mol. The molecule has 2 aromatic rings. The smallest absolute Gasteiger partial charge is 0.354 e. The average molecular weight is 297 g/mol. The zero-order valence-electron chi connectivity index (χ0n) is 10.5. The molecule has 0 saturated carbocycles. The molecule has 1 aliphatic heterocycles. The molecule has 3 heterocycles. The van der Waals surface area contributed by atoms with Gasteiger partial charge in [-0.15, -0.1) is 5.10 Å². The van der Waals surface area contributed by atoms with E-state index >= 15 is 0 Å². The van der Waals surface area contributed by atoms with Crippen LogP contribution in [0.5, 0.6) is 0 Å². The molecule has 7 nitrogen and oxygen atoms in total. The van der Waals surface area contributed by atoms with Gasteiger partial charge in [0.05, 0.1) is 12.6 Å². The van der Waals surface area contributed by atoms with Gasteiger partial charge in [-0.05, 0) is 36.6 Å². The molecule has 8 heteroatoms. The first-order valence-electron chi connectivity index (χ1n) is 6.28. The van der Waals surface area contributed by atoms with Crippen molar-refractivity contribution in [3.8, 4) is 0 Å². The van der Waals surface area contributed by atoms with E-state index in [0.717, 1.165) is 19.4 Å². The van der Waals surface area contributed by atoms with Crippen molar-refractivity contribution in [3.63, 3.8) is 0 Å². The lowest BCUT2D eigenvalue weighted by molar-refractivity contribution is 0.0688. The van der Waals surface area contributed by atoms with Gasteiger partial charge in [0.1, 0.15) is 5.52 Å². The molecule has 0 amide bonds. The van der Waals surface area contributed by atoms with Crippen molar-refractivity contribution >= 4 is 28.9 Å². The van der Waals surface area contributed by atoms with Crippen LogP contribution in [-0.2, 0) is 0 Å². The number of hydrogen-bond acceptors (Lipinski definition) is 5. The standard InChI is InChI=1S/C12H13ClN4O3/c13-12-14-10(16-5-1-2-7(16)6-18)8-3-4-9(11(19)20)17(8)15-12/h3-4,7,18H,1-2,5-6H2,(H,19,20). The lowest BCUT2D eigenvalue weighted by Gasteiger charge is -2.24. The minimum absolute atomic E-state index is 0.0187. The summed E-state index contributed by atoms with van der Waals surface area (Å²) >= 11 is 5.90. The van der Waals surface area contributed by atoms with Crippen molar-refractivity contribution in [2.45, 2.75) is 18.9 Å². The van der Waals surface area contributed by atoms with E-state index in [4.69, 9.17) is 16.7 Å². The molecule has 0 bridgehead atoms. The summed E-state index contributed by atoms with van der Waals surface area (Å²) in [6, 6.07) is 3.10. The zero-order chi connectivity index (χ0) is 14.3. The normalized spacial score (nSPS) is 18.9. The summed E-state index contributed by atoms with van der Waals surface area (Å²) in [7, 11) is 0. The number of fused-ring (bicyclic) bond motifs is 1. The Bertz CT molecular complexity index is 672. The number of carboxylic acids is 1. The fraction of sp³-hybridized carbons (Fsp3) is 0.417. The Balaban J connectivity index is 2.18. The first kappa shape index (κ1) is 13.1. The number of anilines is 1. The van der Waals surface area contributed by atoms with Crippen molar-refractivity contribution in [3.05, 3.63) is 23.1 Å². The molecule has 1 atom stereocenters. The molecule has 1 fully saturated rings. The number of carboxylic acid groups (broad SMARTS) is 1. The van der Waals surface area contributed by atoms with Gasteiger partial charge in [-0.3, -0.25) is 0 Å². The number of aliphatic hydroxyl groups is 1. The Morgan fingerprint density at radius 2 is 2.30 bits per heavy atom. The van der Waals surface area contributed by atoms with Crippen LogP contribution in [0.15, 0.2) is 12.1 Å². The molecule has 0 radical (unpaired) electrons. The van der Waals surface area contributed by atoms with Crippen LogP contribution in [0.3, 0.4) is 0 Å². The van der Waals surface area contributed by atoms with E-state index in [1.54, 1.807) is 6.07 Å². The van der Waals surface area contributed by atoms with Gasteiger partial charge in [0.15, 0.2) is 11.5 Å². The number of rotatable bonds is 3. The SMILES string of the molecule is O=C(O)c1ccc2c(N3CCCC3CO)nc(Cl)nn12. The number of carbonyl (C=O) groups is 1. The van der Waals surface area contributed by atoms with Crippen LogP contribution in [0.2, 0.25) is 5.28 Å². The summed E-state index contributed by atoms with van der Waals surface area (Å²) in [6.07, 6.45) is 1.82. The number of aromatic nitrogens is 3. The maximum atomic E-state index is 11.2. The zero-order valence-corrected chi connectivity index (χ0v) is 11.3.